The Kier molecular flexibility index (Phi) is 6.46. The predicted molar refractivity (Wildman–Crippen MR) is 123 cm³/mol. The van der Waals surface area contributed by atoms with Crippen LogP contribution in [0.4, 0.5) is 5.69 Å². The van der Waals surface area contributed by atoms with Crippen molar-refractivity contribution < 1.29 is 18.7 Å². The van der Waals surface area contributed by atoms with Crippen LogP contribution in [0.5, 0.6) is 11.5 Å². The molecule has 1 N–H and O–H groups in total. The van der Waals surface area contributed by atoms with Crippen LogP contribution < -0.4 is 14.8 Å². The van der Waals surface area contributed by atoms with Crippen molar-refractivity contribution in [3.63, 3.8) is 0 Å². The van der Waals surface area contributed by atoms with Crippen LogP contribution in [0.1, 0.15) is 6.92 Å². The number of ether oxygens (including phenoxy) is 2. The van der Waals surface area contributed by atoms with Gasteiger partial charge in [0.05, 0.1) is 25.7 Å². The number of thioether (sulfide) groups is 1. The normalized spacial score (nSPS) is 11.7. The maximum atomic E-state index is 12.9. The van der Waals surface area contributed by atoms with Crippen LogP contribution in [-0.2, 0) is 4.79 Å². The van der Waals surface area contributed by atoms with Crippen LogP contribution in [-0.4, -0.2) is 40.1 Å². The standard InChI is InChI=1S/C23H22N4O4S/c1-15(22(28)24-16-12-18(29-2)14-19(13-16)30-3)32-23-26-25-21(20-10-7-11-31-20)27(23)17-8-5-4-6-9-17/h4-15H,1-3H3,(H,24,28). The van der Waals surface area contributed by atoms with E-state index >= 15 is 0 Å². The highest BCUT2D eigenvalue weighted by molar-refractivity contribution is 8.00. The number of nitrogens with zero attached hydrogens (tertiary/aromatic N) is 3. The van der Waals surface area contributed by atoms with Crippen molar-refractivity contribution in [3.8, 4) is 28.8 Å². The first kappa shape index (κ1) is 21.5. The number of hydrogen-bond acceptors (Lipinski definition) is 7. The molecule has 0 radical (unpaired) electrons. The Balaban J connectivity index is 1.58. The Morgan fingerprint density at radius 2 is 1.75 bits per heavy atom. The molecular weight excluding hydrogens is 428 g/mol. The maximum absolute atomic E-state index is 12.9. The lowest BCUT2D eigenvalue weighted by Gasteiger charge is -2.14. The fraction of sp³-hybridized carbons (Fsp3) is 0.174. The molecule has 0 fully saturated rings. The number of methoxy groups -OCH3 is 2. The number of amides is 1. The minimum atomic E-state index is -0.455. The van der Waals surface area contributed by atoms with Gasteiger partial charge in [-0.1, -0.05) is 30.0 Å². The largest absolute Gasteiger partial charge is 0.497 e. The van der Waals surface area contributed by atoms with Crippen molar-refractivity contribution in [2.75, 3.05) is 19.5 Å². The highest BCUT2D eigenvalue weighted by Crippen LogP contribution is 2.31. The van der Waals surface area contributed by atoms with E-state index in [0.717, 1.165) is 5.69 Å². The number of aromatic nitrogens is 3. The van der Waals surface area contributed by atoms with Crippen LogP contribution in [0.3, 0.4) is 0 Å². The molecular formula is C23H22N4O4S. The van der Waals surface area contributed by atoms with Gasteiger partial charge in [-0.15, -0.1) is 10.2 Å². The summed E-state index contributed by atoms with van der Waals surface area (Å²) < 4.78 is 18.0. The van der Waals surface area contributed by atoms with Crippen molar-refractivity contribution in [3.05, 3.63) is 66.9 Å². The van der Waals surface area contributed by atoms with Gasteiger partial charge in [-0.2, -0.15) is 0 Å². The second kappa shape index (κ2) is 9.61. The average Bonchev–Trinajstić information content (AvgIpc) is 3.49. The van der Waals surface area contributed by atoms with E-state index in [1.807, 2.05) is 47.9 Å². The zero-order valence-electron chi connectivity index (χ0n) is 17.8. The number of hydrogen-bond donors (Lipinski definition) is 1. The summed E-state index contributed by atoms with van der Waals surface area (Å²) >= 11 is 1.30. The Bertz CT molecular complexity index is 1170. The summed E-state index contributed by atoms with van der Waals surface area (Å²) in [6.45, 7) is 1.81. The van der Waals surface area contributed by atoms with E-state index in [0.29, 0.717) is 33.9 Å². The van der Waals surface area contributed by atoms with E-state index in [9.17, 15) is 4.79 Å². The molecule has 9 heteroatoms. The highest BCUT2D eigenvalue weighted by atomic mass is 32.2. The highest BCUT2D eigenvalue weighted by Gasteiger charge is 2.23. The topological polar surface area (TPSA) is 91.4 Å². The monoisotopic (exact) mass is 450 g/mol. The predicted octanol–water partition coefficient (Wildman–Crippen LogP) is 4.66. The van der Waals surface area contributed by atoms with Gasteiger partial charge < -0.3 is 19.2 Å². The van der Waals surface area contributed by atoms with Gasteiger partial charge in [0.25, 0.3) is 0 Å². The molecule has 4 aromatic rings. The summed E-state index contributed by atoms with van der Waals surface area (Å²) in [5.74, 6) is 2.15. The Morgan fingerprint density at radius 1 is 1.03 bits per heavy atom. The fourth-order valence-corrected chi connectivity index (χ4v) is 3.92. The molecule has 0 aliphatic rings. The molecule has 1 atom stereocenters. The third-order valence-corrected chi connectivity index (χ3v) is 5.70. The van der Waals surface area contributed by atoms with Crippen molar-refractivity contribution in [1.82, 2.24) is 14.8 Å². The van der Waals surface area contributed by atoms with Crippen LogP contribution in [0.2, 0.25) is 0 Å². The smallest absolute Gasteiger partial charge is 0.237 e. The molecule has 4 rings (SSSR count). The molecule has 2 aromatic heterocycles. The quantitative estimate of drug-likeness (QED) is 0.390. The molecule has 0 aliphatic heterocycles. The van der Waals surface area contributed by atoms with E-state index in [1.165, 1.54) is 11.8 Å². The minimum absolute atomic E-state index is 0.188. The van der Waals surface area contributed by atoms with Gasteiger partial charge in [0, 0.05) is 29.6 Å². The first-order valence-corrected chi connectivity index (χ1v) is 10.7. The molecule has 0 aliphatic carbocycles. The van der Waals surface area contributed by atoms with Gasteiger partial charge >= 0.3 is 0 Å². The minimum Gasteiger partial charge on any atom is -0.497 e. The van der Waals surface area contributed by atoms with Crippen LogP contribution in [0.15, 0.2) is 76.5 Å². The molecule has 164 valence electrons. The molecule has 0 spiro atoms. The van der Waals surface area contributed by atoms with Gasteiger partial charge in [0.15, 0.2) is 10.9 Å². The van der Waals surface area contributed by atoms with Crippen LogP contribution in [0, 0.1) is 0 Å². The Morgan fingerprint density at radius 3 is 2.38 bits per heavy atom. The SMILES string of the molecule is COc1cc(NC(=O)C(C)Sc2nnc(-c3ccco3)n2-c2ccccc2)cc(OC)c1. The zero-order valence-corrected chi connectivity index (χ0v) is 18.6. The van der Waals surface area contributed by atoms with Gasteiger partial charge in [-0.05, 0) is 31.2 Å². The molecule has 0 bridgehead atoms. The summed E-state index contributed by atoms with van der Waals surface area (Å²) in [7, 11) is 3.12. The van der Waals surface area contributed by atoms with Gasteiger partial charge in [0.1, 0.15) is 11.5 Å². The zero-order chi connectivity index (χ0) is 22.5. The molecule has 1 unspecified atom stereocenters. The Hall–Kier alpha value is -3.72. The number of rotatable bonds is 8. The first-order valence-electron chi connectivity index (χ1n) is 9.84. The average molecular weight is 451 g/mol. The molecule has 1 amide bonds. The Labute approximate surface area is 189 Å². The maximum Gasteiger partial charge on any atom is 0.237 e. The lowest BCUT2D eigenvalue weighted by Crippen LogP contribution is -2.23. The number of nitrogens with one attached hydrogen (secondary N) is 1. The van der Waals surface area contributed by atoms with E-state index in [2.05, 4.69) is 15.5 Å². The third-order valence-electron chi connectivity index (χ3n) is 4.66. The van der Waals surface area contributed by atoms with E-state index < -0.39 is 5.25 Å². The number of para-hydroxylation sites is 1. The van der Waals surface area contributed by atoms with Crippen molar-refractivity contribution in [1.29, 1.82) is 0 Å². The second-order valence-corrected chi connectivity index (χ2v) is 8.11. The molecule has 2 aromatic carbocycles. The van der Waals surface area contributed by atoms with Crippen molar-refractivity contribution in [2.45, 2.75) is 17.3 Å². The van der Waals surface area contributed by atoms with Crippen LogP contribution >= 0.6 is 11.8 Å². The summed E-state index contributed by atoms with van der Waals surface area (Å²) in [5, 5.41) is 11.7. The summed E-state index contributed by atoms with van der Waals surface area (Å²) in [6, 6.07) is 18.5. The lowest BCUT2D eigenvalue weighted by molar-refractivity contribution is -0.115. The third kappa shape index (κ3) is 4.62. The number of anilines is 1. The van der Waals surface area contributed by atoms with Crippen molar-refractivity contribution >= 4 is 23.4 Å². The van der Waals surface area contributed by atoms with Crippen LogP contribution in [0.25, 0.3) is 17.3 Å². The van der Waals surface area contributed by atoms with Crippen molar-refractivity contribution in [2.24, 2.45) is 0 Å². The second-order valence-electron chi connectivity index (χ2n) is 6.81. The lowest BCUT2D eigenvalue weighted by atomic mass is 10.2. The number of furan rings is 1. The fourth-order valence-electron chi connectivity index (χ4n) is 3.06. The summed E-state index contributed by atoms with van der Waals surface area (Å²) in [4.78, 5) is 12.9. The molecule has 32 heavy (non-hydrogen) atoms. The molecule has 0 saturated carbocycles. The number of carbonyl (C=O) groups is 1. The van der Waals surface area contributed by atoms with E-state index in [1.54, 1.807) is 44.7 Å². The first-order chi connectivity index (χ1) is 15.6. The summed E-state index contributed by atoms with van der Waals surface area (Å²) in [6.07, 6.45) is 1.59. The summed E-state index contributed by atoms with van der Waals surface area (Å²) in [5.41, 5.74) is 1.45. The van der Waals surface area contributed by atoms with E-state index in [-0.39, 0.29) is 5.91 Å². The van der Waals surface area contributed by atoms with E-state index in [4.69, 9.17) is 13.9 Å². The molecule has 2 heterocycles. The number of carbonyl (C=O) groups excluding carboxylic acids is 1. The molecule has 0 saturated heterocycles. The van der Waals surface area contributed by atoms with Gasteiger partial charge in [0.2, 0.25) is 11.7 Å². The molecule has 8 nitrogen and oxygen atoms in total. The van der Waals surface area contributed by atoms with Gasteiger partial charge in [-0.25, -0.2) is 0 Å². The van der Waals surface area contributed by atoms with Gasteiger partial charge in [-0.3, -0.25) is 9.36 Å². The number of benzene rings is 2.